The van der Waals surface area contributed by atoms with Crippen molar-refractivity contribution in [2.45, 2.75) is 51.4 Å². The van der Waals surface area contributed by atoms with E-state index in [1.807, 2.05) is 0 Å². The molecule has 42 heavy (non-hydrogen) atoms. The highest BCUT2D eigenvalue weighted by Gasteiger charge is 2.12. The average molecular weight is 579 g/mol. The zero-order chi connectivity index (χ0) is 29.9. The minimum atomic E-state index is -0.567. The van der Waals surface area contributed by atoms with Gasteiger partial charge in [0, 0.05) is 36.1 Å². The Morgan fingerprint density at radius 2 is 0.833 bits per heavy atom. The van der Waals surface area contributed by atoms with Crippen molar-refractivity contribution in [2.24, 2.45) is 0 Å². The molecule has 0 unspecified atom stereocenters. The molecule has 0 spiro atoms. The summed E-state index contributed by atoms with van der Waals surface area (Å²) in [7, 11) is 0. The number of rotatable bonds is 13. The first-order chi connectivity index (χ1) is 20.3. The minimum Gasteiger partial charge on any atom is -0.426 e. The predicted octanol–water partition coefficient (Wildman–Crippen LogP) is 9.21. The summed E-state index contributed by atoms with van der Waals surface area (Å²) in [4.78, 5) is 24.3. The van der Waals surface area contributed by atoms with Crippen LogP contribution >= 0.6 is 0 Å². The largest absolute Gasteiger partial charge is 0.426 e. The quantitative estimate of drug-likeness (QED) is 0.0687. The number of carbonyl (C=O) groups excluding carboxylic acids is 2. The van der Waals surface area contributed by atoms with Crippen molar-refractivity contribution in [1.29, 1.82) is 0 Å². The number of esters is 2. The van der Waals surface area contributed by atoms with Crippen molar-refractivity contribution in [1.82, 2.24) is 0 Å². The topological polar surface area (TPSA) is 52.6 Å². The first kappa shape index (κ1) is 30.5. The van der Waals surface area contributed by atoms with Crippen LogP contribution in [0.2, 0.25) is 0 Å². The van der Waals surface area contributed by atoms with E-state index in [4.69, 9.17) is 9.47 Å². The van der Waals surface area contributed by atoms with Crippen molar-refractivity contribution in [3.8, 4) is 33.8 Å². The number of unbranched alkanes of at least 4 members (excludes halogenated alkanes) is 5. The molecular weight excluding hydrogens is 548 g/mol. The van der Waals surface area contributed by atoms with Gasteiger partial charge in [-0.05, 0) is 72.5 Å². The third-order valence-corrected chi connectivity index (χ3v) is 6.67. The SMILES string of the molecule is O=C(CCCCCCCCC(=O)Oc1ccc(-c2ccc(F)cc2)c(F)c1)Oc1ccc(-c2ccc(F)cc2)c(F)c1. The van der Waals surface area contributed by atoms with Crippen LogP contribution in [-0.2, 0) is 9.59 Å². The maximum atomic E-state index is 14.5. The van der Waals surface area contributed by atoms with Gasteiger partial charge in [-0.3, -0.25) is 9.59 Å². The van der Waals surface area contributed by atoms with Gasteiger partial charge in [-0.1, -0.05) is 49.9 Å². The predicted molar refractivity (Wildman–Crippen MR) is 152 cm³/mol. The second-order valence-electron chi connectivity index (χ2n) is 9.87. The maximum absolute atomic E-state index is 14.5. The molecule has 4 aromatic rings. The van der Waals surface area contributed by atoms with Crippen LogP contribution in [0, 0.1) is 23.3 Å². The molecule has 0 aliphatic rings. The van der Waals surface area contributed by atoms with Gasteiger partial charge in [-0.25, -0.2) is 17.6 Å². The maximum Gasteiger partial charge on any atom is 0.311 e. The van der Waals surface area contributed by atoms with Gasteiger partial charge in [0.25, 0.3) is 0 Å². The lowest BCUT2D eigenvalue weighted by molar-refractivity contribution is -0.135. The van der Waals surface area contributed by atoms with Crippen LogP contribution < -0.4 is 9.47 Å². The molecule has 0 saturated heterocycles. The second kappa shape index (κ2) is 15.0. The van der Waals surface area contributed by atoms with Crippen LogP contribution in [0.4, 0.5) is 17.6 Å². The Bertz CT molecular complexity index is 1390. The summed E-state index contributed by atoms with van der Waals surface area (Å²) in [6, 6.07) is 19.2. The summed E-state index contributed by atoms with van der Waals surface area (Å²) >= 11 is 0. The van der Waals surface area contributed by atoms with E-state index < -0.39 is 35.2 Å². The molecular formula is C34H30F4O4. The van der Waals surface area contributed by atoms with Crippen LogP contribution in [0.25, 0.3) is 22.3 Å². The van der Waals surface area contributed by atoms with E-state index >= 15 is 0 Å². The molecule has 4 rings (SSSR count). The normalized spacial score (nSPS) is 10.9. The molecule has 4 aromatic carbocycles. The number of halogens is 4. The Balaban J connectivity index is 1.08. The molecule has 4 nitrogen and oxygen atoms in total. The van der Waals surface area contributed by atoms with Gasteiger partial charge >= 0.3 is 11.9 Å². The smallest absolute Gasteiger partial charge is 0.311 e. The summed E-state index contributed by atoms with van der Waals surface area (Å²) < 4.78 is 65.6. The van der Waals surface area contributed by atoms with E-state index in [2.05, 4.69) is 0 Å². The fourth-order valence-electron chi connectivity index (χ4n) is 4.46. The molecule has 218 valence electrons. The van der Waals surface area contributed by atoms with Gasteiger partial charge < -0.3 is 9.47 Å². The number of ether oxygens (including phenoxy) is 2. The lowest BCUT2D eigenvalue weighted by Crippen LogP contribution is -2.08. The van der Waals surface area contributed by atoms with Gasteiger partial charge in [-0.15, -0.1) is 0 Å². The van der Waals surface area contributed by atoms with E-state index in [1.54, 1.807) is 0 Å². The summed E-state index contributed by atoms with van der Waals surface area (Å²) in [6.07, 6.45) is 4.99. The average Bonchev–Trinajstić information content (AvgIpc) is 2.96. The number of hydrogen-bond acceptors (Lipinski definition) is 4. The standard InChI is InChI=1S/C34H30F4O4/c35-25-13-9-23(10-14-25)29-19-17-27(21-31(29)37)41-33(39)7-5-3-1-2-4-6-8-34(40)42-28-18-20-30(32(38)22-28)24-11-15-26(36)16-12-24/h9-22H,1-8H2. The molecule has 0 saturated carbocycles. The highest BCUT2D eigenvalue weighted by atomic mass is 19.1. The van der Waals surface area contributed by atoms with Gasteiger partial charge in [0.1, 0.15) is 34.8 Å². The lowest BCUT2D eigenvalue weighted by Gasteiger charge is -2.08. The van der Waals surface area contributed by atoms with Gasteiger partial charge in [0.15, 0.2) is 0 Å². The summed E-state index contributed by atoms with van der Waals surface area (Å²) in [5.41, 5.74) is 1.62. The van der Waals surface area contributed by atoms with Gasteiger partial charge in [0.05, 0.1) is 0 Å². The van der Waals surface area contributed by atoms with Crippen molar-refractivity contribution < 1.29 is 36.6 Å². The molecule has 0 bridgehead atoms. The molecule has 0 aliphatic heterocycles. The zero-order valence-corrected chi connectivity index (χ0v) is 22.9. The second-order valence-corrected chi connectivity index (χ2v) is 9.87. The Kier molecular flexibility index (Phi) is 10.9. The lowest BCUT2D eigenvalue weighted by atomic mass is 10.0. The Morgan fingerprint density at radius 3 is 1.19 bits per heavy atom. The highest BCUT2D eigenvalue weighted by molar-refractivity contribution is 5.74. The molecule has 0 fully saturated rings. The molecule has 0 aliphatic carbocycles. The first-order valence-electron chi connectivity index (χ1n) is 13.8. The third kappa shape index (κ3) is 9.03. The molecule has 0 heterocycles. The summed E-state index contributed by atoms with van der Waals surface area (Å²) in [5, 5.41) is 0. The van der Waals surface area contributed by atoms with Crippen LogP contribution in [0.5, 0.6) is 11.5 Å². The summed E-state index contributed by atoms with van der Waals surface area (Å²) in [5.74, 6) is -2.63. The Morgan fingerprint density at radius 1 is 0.476 bits per heavy atom. The third-order valence-electron chi connectivity index (χ3n) is 6.67. The molecule has 0 aromatic heterocycles. The summed E-state index contributed by atoms with van der Waals surface area (Å²) in [6.45, 7) is 0. The van der Waals surface area contributed by atoms with Crippen LogP contribution in [0.15, 0.2) is 84.9 Å². The molecule has 0 amide bonds. The molecule has 0 N–H and O–H groups in total. The molecule has 0 radical (unpaired) electrons. The first-order valence-corrected chi connectivity index (χ1v) is 13.8. The van der Waals surface area contributed by atoms with Crippen molar-refractivity contribution >= 4 is 11.9 Å². The monoisotopic (exact) mass is 578 g/mol. The van der Waals surface area contributed by atoms with Crippen LogP contribution in [0.3, 0.4) is 0 Å². The van der Waals surface area contributed by atoms with E-state index in [9.17, 15) is 27.2 Å². The fraction of sp³-hybridized carbons (Fsp3) is 0.235. The van der Waals surface area contributed by atoms with E-state index in [-0.39, 0.29) is 35.5 Å². The number of carbonyl (C=O) groups is 2. The number of benzene rings is 4. The van der Waals surface area contributed by atoms with E-state index in [0.717, 1.165) is 37.8 Å². The Labute approximate surface area is 241 Å². The van der Waals surface area contributed by atoms with Crippen LogP contribution in [-0.4, -0.2) is 11.9 Å². The minimum absolute atomic E-state index is 0.113. The zero-order valence-electron chi connectivity index (χ0n) is 22.9. The highest BCUT2D eigenvalue weighted by Crippen LogP contribution is 2.28. The van der Waals surface area contributed by atoms with Crippen molar-refractivity contribution in [2.75, 3.05) is 0 Å². The van der Waals surface area contributed by atoms with E-state index in [1.165, 1.54) is 72.8 Å². The van der Waals surface area contributed by atoms with Crippen molar-refractivity contribution in [3.05, 3.63) is 108 Å². The Hall–Kier alpha value is -4.46. The van der Waals surface area contributed by atoms with Crippen LogP contribution in [0.1, 0.15) is 51.4 Å². The van der Waals surface area contributed by atoms with Crippen molar-refractivity contribution in [3.63, 3.8) is 0 Å². The fourth-order valence-corrected chi connectivity index (χ4v) is 4.46. The number of hydrogen-bond donors (Lipinski definition) is 0. The molecule has 8 heteroatoms. The molecule has 0 atom stereocenters. The van der Waals surface area contributed by atoms with Gasteiger partial charge in [-0.2, -0.15) is 0 Å². The van der Waals surface area contributed by atoms with E-state index in [0.29, 0.717) is 24.0 Å². The van der Waals surface area contributed by atoms with Gasteiger partial charge in [0.2, 0.25) is 0 Å².